The molecule has 0 aliphatic carbocycles. The summed E-state index contributed by atoms with van der Waals surface area (Å²) in [6.07, 6.45) is -2.53. The fourth-order valence-corrected chi connectivity index (χ4v) is 1.55. The van der Waals surface area contributed by atoms with Crippen molar-refractivity contribution in [2.45, 2.75) is 12.2 Å². The molecule has 1 aromatic carbocycles. The first-order chi connectivity index (χ1) is 6.97. The van der Waals surface area contributed by atoms with Crippen LogP contribution in [0.2, 0.25) is 5.02 Å². The Hall–Kier alpha value is -0.550. The Bertz CT molecular complexity index is 362. The van der Waals surface area contributed by atoms with Gasteiger partial charge in [0, 0.05) is 10.6 Å². The summed E-state index contributed by atoms with van der Waals surface area (Å²) in [6.45, 7) is 0. The van der Waals surface area contributed by atoms with E-state index in [0.29, 0.717) is 0 Å². The number of halogens is 3. The Labute approximate surface area is 96.2 Å². The number of hydrogen-bond donors (Lipinski definition) is 3. The van der Waals surface area contributed by atoms with Gasteiger partial charge in [-0.15, -0.1) is 11.6 Å². The van der Waals surface area contributed by atoms with Crippen molar-refractivity contribution in [1.29, 1.82) is 0 Å². The normalized spacial score (nSPS) is 15.0. The Morgan fingerprint density at radius 2 is 2.00 bits per heavy atom. The second kappa shape index (κ2) is 4.99. The summed E-state index contributed by atoms with van der Waals surface area (Å²) in [5, 5.41) is 18.9. The van der Waals surface area contributed by atoms with Gasteiger partial charge in [0.05, 0.1) is 17.7 Å². The van der Waals surface area contributed by atoms with Crippen LogP contribution in [0, 0.1) is 5.82 Å². The largest absolute Gasteiger partial charge is 0.396 e. The summed E-state index contributed by atoms with van der Waals surface area (Å²) in [6, 6.07) is 2.16. The van der Waals surface area contributed by atoms with Crippen LogP contribution in [0.1, 0.15) is 11.7 Å². The second-order valence-corrected chi connectivity index (χ2v) is 3.78. The lowest BCUT2D eigenvalue weighted by Gasteiger charge is -2.17. The minimum absolute atomic E-state index is 0.0662. The molecular weight excluding hydrogens is 244 g/mol. The predicted octanol–water partition coefficient (Wildman–Crippen LogP) is 1.69. The van der Waals surface area contributed by atoms with Crippen LogP contribution in [0.3, 0.4) is 0 Å². The topological polar surface area (TPSA) is 66.5 Å². The first-order valence-corrected chi connectivity index (χ1v) is 5.05. The van der Waals surface area contributed by atoms with E-state index in [1.54, 1.807) is 0 Å². The third-order valence-electron chi connectivity index (χ3n) is 1.96. The summed E-state index contributed by atoms with van der Waals surface area (Å²) in [4.78, 5) is 0. The van der Waals surface area contributed by atoms with Crippen LogP contribution < -0.4 is 5.73 Å². The van der Waals surface area contributed by atoms with Crippen molar-refractivity contribution in [2.24, 2.45) is 0 Å². The Kier molecular flexibility index (Phi) is 4.16. The van der Waals surface area contributed by atoms with E-state index >= 15 is 0 Å². The Morgan fingerprint density at radius 1 is 1.40 bits per heavy atom. The monoisotopic (exact) mass is 253 g/mol. The van der Waals surface area contributed by atoms with E-state index in [0.717, 1.165) is 6.07 Å². The van der Waals surface area contributed by atoms with Gasteiger partial charge in [-0.3, -0.25) is 0 Å². The van der Waals surface area contributed by atoms with Gasteiger partial charge < -0.3 is 15.9 Å². The number of nitrogens with two attached hydrogens (primary N) is 1. The number of benzene rings is 1. The highest BCUT2D eigenvalue weighted by atomic mass is 35.5. The SMILES string of the molecule is Nc1cc(Cl)c(C(O)C(O)CCl)cc1F. The molecule has 0 saturated heterocycles. The van der Waals surface area contributed by atoms with Crippen LogP contribution in [-0.4, -0.2) is 22.2 Å². The van der Waals surface area contributed by atoms with E-state index in [1.807, 2.05) is 0 Å². The smallest absolute Gasteiger partial charge is 0.146 e. The van der Waals surface area contributed by atoms with Gasteiger partial charge in [-0.25, -0.2) is 4.39 Å². The molecule has 6 heteroatoms. The van der Waals surface area contributed by atoms with Crippen molar-refractivity contribution in [3.05, 3.63) is 28.5 Å². The molecule has 0 aliphatic heterocycles. The maximum Gasteiger partial charge on any atom is 0.146 e. The number of alkyl halides is 1. The molecule has 1 aromatic rings. The number of hydrogen-bond acceptors (Lipinski definition) is 3. The van der Waals surface area contributed by atoms with E-state index in [-0.39, 0.29) is 22.2 Å². The van der Waals surface area contributed by atoms with Gasteiger partial charge in [-0.05, 0) is 12.1 Å². The molecule has 15 heavy (non-hydrogen) atoms. The molecule has 4 N–H and O–H groups in total. The molecule has 0 bridgehead atoms. The zero-order chi connectivity index (χ0) is 11.6. The molecule has 0 radical (unpaired) electrons. The second-order valence-electron chi connectivity index (χ2n) is 3.06. The van der Waals surface area contributed by atoms with Crippen LogP contribution >= 0.6 is 23.2 Å². The number of anilines is 1. The molecule has 0 fully saturated rings. The standard InChI is InChI=1S/C9H10Cl2FNO2/c10-3-8(14)9(15)4-1-6(12)7(13)2-5(4)11/h1-2,8-9,14-15H,3,13H2. The molecule has 0 aliphatic rings. The van der Waals surface area contributed by atoms with Crippen LogP contribution in [0.15, 0.2) is 12.1 Å². The van der Waals surface area contributed by atoms with Gasteiger partial charge >= 0.3 is 0 Å². The average molecular weight is 254 g/mol. The van der Waals surface area contributed by atoms with Gasteiger partial charge in [0.15, 0.2) is 0 Å². The maximum atomic E-state index is 13.1. The number of rotatable bonds is 3. The van der Waals surface area contributed by atoms with Crippen molar-refractivity contribution in [3.63, 3.8) is 0 Å². The molecule has 0 aromatic heterocycles. The first kappa shape index (κ1) is 12.5. The predicted molar refractivity (Wildman–Crippen MR) is 57.5 cm³/mol. The molecule has 0 saturated carbocycles. The summed E-state index contributed by atoms with van der Waals surface area (Å²) in [5.74, 6) is -0.876. The van der Waals surface area contributed by atoms with Crippen molar-refractivity contribution < 1.29 is 14.6 Å². The quantitative estimate of drug-likeness (QED) is 0.568. The number of aliphatic hydroxyl groups is 2. The lowest BCUT2D eigenvalue weighted by molar-refractivity contribution is 0.0326. The lowest BCUT2D eigenvalue weighted by Crippen LogP contribution is -2.20. The van der Waals surface area contributed by atoms with Crippen molar-refractivity contribution in [3.8, 4) is 0 Å². The van der Waals surface area contributed by atoms with E-state index < -0.39 is 18.0 Å². The minimum Gasteiger partial charge on any atom is -0.396 e. The highest BCUT2D eigenvalue weighted by Crippen LogP contribution is 2.29. The van der Waals surface area contributed by atoms with Gasteiger partial charge in [0.2, 0.25) is 0 Å². The first-order valence-electron chi connectivity index (χ1n) is 4.14. The lowest BCUT2D eigenvalue weighted by atomic mass is 10.0. The number of aliphatic hydroxyl groups excluding tert-OH is 2. The molecule has 1 rings (SSSR count). The van der Waals surface area contributed by atoms with Gasteiger partial charge in [0.25, 0.3) is 0 Å². The third-order valence-corrected chi connectivity index (χ3v) is 2.60. The molecule has 0 spiro atoms. The van der Waals surface area contributed by atoms with Crippen LogP contribution in [-0.2, 0) is 0 Å². The zero-order valence-corrected chi connectivity index (χ0v) is 9.13. The Balaban J connectivity index is 3.09. The summed E-state index contributed by atoms with van der Waals surface area (Å²) < 4.78 is 13.1. The summed E-state index contributed by atoms with van der Waals surface area (Å²) in [7, 11) is 0. The maximum absolute atomic E-state index is 13.1. The molecule has 0 amide bonds. The fraction of sp³-hybridized carbons (Fsp3) is 0.333. The third kappa shape index (κ3) is 2.72. The van der Waals surface area contributed by atoms with Crippen LogP contribution in [0.25, 0.3) is 0 Å². The van der Waals surface area contributed by atoms with Crippen LogP contribution in [0.5, 0.6) is 0 Å². The fourth-order valence-electron chi connectivity index (χ4n) is 1.10. The van der Waals surface area contributed by atoms with E-state index in [2.05, 4.69) is 0 Å². The van der Waals surface area contributed by atoms with Gasteiger partial charge in [-0.1, -0.05) is 11.6 Å². The molecular formula is C9H10Cl2FNO2. The van der Waals surface area contributed by atoms with E-state index in [4.69, 9.17) is 28.9 Å². The van der Waals surface area contributed by atoms with Crippen LogP contribution in [0.4, 0.5) is 10.1 Å². The zero-order valence-electron chi connectivity index (χ0n) is 7.62. The Morgan fingerprint density at radius 3 is 2.53 bits per heavy atom. The average Bonchev–Trinajstić information content (AvgIpc) is 2.21. The van der Waals surface area contributed by atoms with E-state index in [9.17, 15) is 14.6 Å². The molecule has 0 heterocycles. The van der Waals surface area contributed by atoms with Gasteiger partial charge in [-0.2, -0.15) is 0 Å². The molecule has 2 unspecified atom stereocenters. The molecule has 84 valence electrons. The highest BCUT2D eigenvalue weighted by molar-refractivity contribution is 6.31. The van der Waals surface area contributed by atoms with Gasteiger partial charge in [0.1, 0.15) is 11.9 Å². The van der Waals surface area contributed by atoms with Crippen molar-refractivity contribution in [1.82, 2.24) is 0 Å². The summed E-state index contributed by atoms with van der Waals surface area (Å²) >= 11 is 11.1. The molecule has 3 nitrogen and oxygen atoms in total. The minimum atomic E-state index is -1.33. The van der Waals surface area contributed by atoms with Crippen molar-refractivity contribution >= 4 is 28.9 Å². The molecule has 2 atom stereocenters. The number of nitrogen functional groups attached to an aromatic ring is 1. The summed E-state index contributed by atoms with van der Waals surface area (Å²) in [5.41, 5.74) is 5.22. The van der Waals surface area contributed by atoms with E-state index in [1.165, 1.54) is 6.07 Å². The van der Waals surface area contributed by atoms with Crippen molar-refractivity contribution in [2.75, 3.05) is 11.6 Å². The highest BCUT2D eigenvalue weighted by Gasteiger charge is 2.21.